The third kappa shape index (κ3) is 4.91. The van der Waals surface area contributed by atoms with Gasteiger partial charge in [-0.05, 0) is 37.7 Å². The summed E-state index contributed by atoms with van der Waals surface area (Å²) in [6.45, 7) is 0.457. The average Bonchev–Trinajstić information content (AvgIpc) is 3.10. The van der Waals surface area contributed by atoms with Gasteiger partial charge in [0.1, 0.15) is 0 Å². The van der Waals surface area contributed by atoms with Crippen LogP contribution in [0.1, 0.15) is 44.1 Å². The minimum Gasteiger partial charge on any atom is -0.462 e. The molecular formula is C19H25NO4. The molecule has 2 rings (SSSR count). The molecule has 0 radical (unpaired) electrons. The molecule has 1 aromatic rings. The van der Waals surface area contributed by atoms with E-state index in [2.05, 4.69) is 16.9 Å². The van der Waals surface area contributed by atoms with E-state index in [0.717, 1.165) is 32.1 Å². The predicted molar refractivity (Wildman–Crippen MR) is 90.4 cm³/mol. The van der Waals surface area contributed by atoms with Crippen LogP contribution in [-0.4, -0.2) is 42.3 Å². The lowest BCUT2D eigenvalue weighted by atomic mass is 10.0. The molecule has 1 aliphatic rings. The van der Waals surface area contributed by atoms with Crippen LogP contribution in [0.15, 0.2) is 30.3 Å². The van der Waals surface area contributed by atoms with Gasteiger partial charge in [0.15, 0.2) is 5.78 Å². The minimum atomic E-state index is -0.891. The van der Waals surface area contributed by atoms with Crippen molar-refractivity contribution in [3.63, 3.8) is 0 Å². The van der Waals surface area contributed by atoms with Crippen LogP contribution in [0.25, 0.3) is 0 Å². The van der Waals surface area contributed by atoms with Crippen LogP contribution in [0, 0.1) is 0 Å². The van der Waals surface area contributed by atoms with Gasteiger partial charge >= 0.3 is 11.9 Å². The molecule has 5 nitrogen and oxygen atoms in total. The minimum absolute atomic E-state index is 0.0597. The van der Waals surface area contributed by atoms with Gasteiger partial charge in [-0.3, -0.25) is 9.59 Å². The number of nitrogens with zero attached hydrogens (tertiary/aromatic N) is 1. The third-order valence-corrected chi connectivity index (χ3v) is 4.48. The van der Waals surface area contributed by atoms with Gasteiger partial charge in [-0.2, -0.15) is 0 Å². The van der Waals surface area contributed by atoms with Gasteiger partial charge in [0.25, 0.3) is 0 Å². The van der Waals surface area contributed by atoms with Gasteiger partial charge in [-0.1, -0.05) is 36.8 Å². The maximum atomic E-state index is 12.4. The number of Topliss-reactive ketones (excluding diaryl/α,β-unsaturated/α-hetero) is 1. The summed E-state index contributed by atoms with van der Waals surface area (Å²) in [6.07, 6.45) is 5.74. The van der Waals surface area contributed by atoms with E-state index in [1.165, 1.54) is 17.6 Å². The molecule has 1 amide bonds. The molecule has 1 heterocycles. The Balaban J connectivity index is 1.71. The van der Waals surface area contributed by atoms with E-state index in [-0.39, 0.29) is 5.78 Å². The summed E-state index contributed by atoms with van der Waals surface area (Å²) < 4.78 is 4.47. The molecule has 1 aliphatic heterocycles. The number of ketones is 1. The number of carbonyl (C=O) groups excluding carboxylic acids is 3. The van der Waals surface area contributed by atoms with Crippen molar-refractivity contribution in [1.82, 2.24) is 4.90 Å². The molecule has 24 heavy (non-hydrogen) atoms. The van der Waals surface area contributed by atoms with E-state index in [1.807, 2.05) is 18.2 Å². The lowest BCUT2D eigenvalue weighted by Gasteiger charge is -2.22. The highest BCUT2D eigenvalue weighted by molar-refractivity contribution is 6.32. The molecule has 1 atom stereocenters. The summed E-state index contributed by atoms with van der Waals surface area (Å²) in [5.74, 6) is -1.53. The Morgan fingerprint density at radius 1 is 1.12 bits per heavy atom. The van der Waals surface area contributed by atoms with Gasteiger partial charge in [-0.25, -0.2) is 4.79 Å². The number of benzene rings is 1. The van der Waals surface area contributed by atoms with Crippen molar-refractivity contribution in [1.29, 1.82) is 0 Å². The zero-order chi connectivity index (χ0) is 17.4. The molecule has 1 saturated heterocycles. The Morgan fingerprint density at radius 3 is 2.58 bits per heavy atom. The first-order chi connectivity index (χ1) is 11.6. The second kappa shape index (κ2) is 9.21. The van der Waals surface area contributed by atoms with Crippen molar-refractivity contribution in [2.24, 2.45) is 0 Å². The number of aryl methyl sites for hydroxylation is 1. The molecule has 0 unspecified atom stereocenters. The zero-order valence-corrected chi connectivity index (χ0v) is 14.2. The van der Waals surface area contributed by atoms with Gasteiger partial charge in [-0.15, -0.1) is 0 Å². The maximum Gasteiger partial charge on any atom is 0.396 e. The van der Waals surface area contributed by atoms with Crippen LogP contribution < -0.4 is 0 Å². The zero-order valence-electron chi connectivity index (χ0n) is 14.2. The molecule has 0 N–H and O–H groups in total. The van der Waals surface area contributed by atoms with Crippen molar-refractivity contribution < 1.29 is 19.1 Å². The van der Waals surface area contributed by atoms with Crippen LogP contribution >= 0.6 is 0 Å². The quantitative estimate of drug-likeness (QED) is 0.437. The number of amides is 1. The summed E-state index contributed by atoms with van der Waals surface area (Å²) in [6, 6.07) is 9.84. The molecule has 0 spiro atoms. The second-order valence-corrected chi connectivity index (χ2v) is 6.16. The fourth-order valence-corrected chi connectivity index (χ4v) is 3.17. The first kappa shape index (κ1) is 18.2. The summed E-state index contributed by atoms with van der Waals surface area (Å²) in [4.78, 5) is 37.0. The molecule has 0 saturated carbocycles. The Hall–Kier alpha value is -2.17. The fourth-order valence-electron chi connectivity index (χ4n) is 3.17. The summed E-state index contributed by atoms with van der Waals surface area (Å²) in [5.41, 5.74) is 1.31. The van der Waals surface area contributed by atoms with Crippen LogP contribution in [0.2, 0.25) is 0 Å². The molecule has 1 fully saturated rings. The van der Waals surface area contributed by atoms with E-state index in [1.54, 1.807) is 0 Å². The van der Waals surface area contributed by atoms with Crippen molar-refractivity contribution >= 4 is 17.7 Å². The Morgan fingerprint density at radius 2 is 1.88 bits per heavy atom. The third-order valence-electron chi connectivity index (χ3n) is 4.48. The standard InChI is InChI=1S/C19H25NO4/c1-24-19(23)18(22)20-14-8-12-16(20)17(21)13-7-3-6-11-15-9-4-2-5-10-15/h2,4-5,9-10,16H,3,6-8,11-14H2,1H3/t16-/m0/s1. The number of methoxy groups -OCH3 is 1. The van der Waals surface area contributed by atoms with Gasteiger partial charge in [0.2, 0.25) is 0 Å². The molecule has 130 valence electrons. The number of likely N-dealkylation sites (tertiary alicyclic amines) is 1. The Kier molecular flexibility index (Phi) is 6.97. The van der Waals surface area contributed by atoms with Gasteiger partial charge in [0.05, 0.1) is 13.2 Å². The summed E-state index contributed by atoms with van der Waals surface area (Å²) in [7, 11) is 1.18. The lowest BCUT2D eigenvalue weighted by molar-refractivity contribution is -0.159. The molecule has 0 aliphatic carbocycles. The smallest absolute Gasteiger partial charge is 0.396 e. The highest BCUT2D eigenvalue weighted by atomic mass is 16.5. The first-order valence-corrected chi connectivity index (χ1v) is 8.59. The van der Waals surface area contributed by atoms with Crippen LogP contribution in [0.5, 0.6) is 0 Å². The molecule has 0 bridgehead atoms. The Labute approximate surface area is 143 Å². The van der Waals surface area contributed by atoms with E-state index in [4.69, 9.17) is 0 Å². The molecule has 5 heteroatoms. The fraction of sp³-hybridized carbons (Fsp3) is 0.526. The lowest BCUT2D eigenvalue weighted by Crippen LogP contribution is -2.44. The number of hydrogen-bond acceptors (Lipinski definition) is 4. The number of ether oxygens (including phenoxy) is 1. The van der Waals surface area contributed by atoms with Crippen LogP contribution in [-0.2, 0) is 25.5 Å². The normalized spacial score (nSPS) is 16.9. The van der Waals surface area contributed by atoms with Crippen molar-refractivity contribution in [2.75, 3.05) is 13.7 Å². The van der Waals surface area contributed by atoms with E-state index < -0.39 is 17.9 Å². The molecular weight excluding hydrogens is 306 g/mol. The highest BCUT2D eigenvalue weighted by Crippen LogP contribution is 2.21. The monoisotopic (exact) mass is 331 g/mol. The molecule has 1 aromatic carbocycles. The van der Waals surface area contributed by atoms with E-state index >= 15 is 0 Å². The van der Waals surface area contributed by atoms with Crippen LogP contribution in [0.3, 0.4) is 0 Å². The number of carbonyl (C=O) groups is 3. The maximum absolute atomic E-state index is 12.4. The average molecular weight is 331 g/mol. The molecule has 0 aromatic heterocycles. The number of unbranched alkanes of at least 4 members (excludes halogenated alkanes) is 2. The van der Waals surface area contributed by atoms with Crippen molar-refractivity contribution in [3.8, 4) is 0 Å². The van der Waals surface area contributed by atoms with Crippen molar-refractivity contribution in [2.45, 2.75) is 51.0 Å². The highest BCUT2D eigenvalue weighted by Gasteiger charge is 2.36. The van der Waals surface area contributed by atoms with E-state index in [0.29, 0.717) is 19.4 Å². The Bertz CT molecular complexity index is 570. The van der Waals surface area contributed by atoms with Gasteiger partial charge in [0, 0.05) is 13.0 Å². The summed E-state index contributed by atoms with van der Waals surface area (Å²) >= 11 is 0. The predicted octanol–water partition coefficient (Wildman–Crippen LogP) is 2.52. The van der Waals surface area contributed by atoms with Gasteiger partial charge < -0.3 is 9.64 Å². The number of esters is 1. The topological polar surface area (TPSA) is 63.7 Å². The van der Waals surface area contributed by atoms with Crippen LogP contribution in [0.4, 0.5) is 0 Å². The number of rotatable bonds is 7. The summed E-state index contributed by atoms with van der Waals surface area (Å²) in [5, 5.41) is 0. The largest absolute Gasteiger partial charge is 0.462 e. The second-order valence-electron chi connectivity index (χ2n) is 6.16. The van der Waals surface area contributed by atoms with E-state index in [9.17, 15) is 14.4 Å². The first-order valence-electron chi connectivity index (χ1n) is 8.59. The SMILES string of the molecule is COC(=O)C(=O)N1CCC[C@H]1C(=O)CCCCCc1ccccc1. The van der Waals surface area contributed by atoms with Crippen molar-refractivity contribution in [3.05, 3.63) is 35.9 Å². The number of hydrogen-bond donors (Lipinski definition) is 0.